The second kappa shape index (κ2) is 8.15. The number of nitrogens with zero attached hydrogens (tertiary/aromatic N) is 5. The second-order valence-corrected chi connectivity index (χ2v) is 7.22. The number of tetrazole rings is 1. The number of rotatable bonds is 6. The largest absolute Gasteiger partial charge is 0.374 e. The maximum absolute atomic E-state index is 14.1. The van der Waals surface area contributed by atoms with Gasteiger partial charge in [-0.15, -0.1) is 16.4 Å². The minimum atomic E-state index is -0.476. The van der Waals surface area contributed by atoms with Crippen molar-refractivity contribution in [1.82, 2.24) is 25.2 Å². The maximum atomic E-state index is 14.1. The third-order valence-corrected chi connectivity index (χ3v) is 4.84. The van der Waals surface area contributed by atoms with E-state index in [1.807, 2.05) is 30.5 Å². The highest BCUT2D eigenvalue weighted by atomic mass is 32.1. The molecular formula is C19H16FN7OS. The van der Waals surface area contributed by atoms with Crippen LogP contribution in [0.15, 0.2) is 54.2 Å². The van der Waals surface area contributed by atoms with E-state index in [1.165, 1.54) is 23.1 Å². The number of anilines is 2. The van der Waals surface area contributed by atoms with Crippen molar-refractivity contribution in [3.8, 4) is 16.9 Å². The topological polar surface area (TPSA) is 97.6 Å². The SMILES string of the molecule is Cc1nc(-c2cccc(NC(=O)CNc3cc(-n4cnnn4)ccc3F)c2)cs1. The average molecular weight is 409 g/mol. The summed E-state index contributed by atoms with van der Waals surface area (Å²) in [6.07, 6.45) is 1.40. The van der Waals surface area contributed by atoms with Crippen LogP contribution in [-0.2, 0) is 4.79 Å². The number of hydrogen-bond donors (Lipinski definition) is 2. The number of amides is 1. The molecule has 1 amide bonds. The summed E-state index contributed by atoms with van der Waals surface area (Å²) in [4.78, 5) is 16.8. The van der Waals surface area contributed by atoms with Crippen molar-refractivity contribution in [3.63, 3.8) is 0 Å². The van der Waals surface area contributed by atoms with Gasteiger partial charge < -0.3 is 10.6 Å². The normalized spacial score (nSPS) is 10.7. The van der Waals surface area contributed by atoms with Crippen LogP contribution >= 0.6 is 11.3 Å². The molecule has 2 heterocycles. The Bertz CT molecular complexity index is 1140. The number of hydrogen-bond acceptors (Lipinski definition) is 7. The minimum Gasteiger partial charge on any atom is -0.374 e. The van der Waals surface area contributed by atoms with Crippen molar-refractivity contribution in [1.29, 1.82) is 0 Å². The summed E-state index contributed by atoms with van der Waals surface area (Å²) >= 11 is 1.57. The fourth-order valence-electron chi connectivity index (χ4n) is 2.70. The molecule has 4 aromatic rings. The van der Waals surface area contributed by atoms with E-state index in [1.54, 1.807) is 23.5 Å². The predicted molar refractivity (Wildman–Crippen MR) is 109 cm³/mol. The van der Waals surface area contributed by atoms with E-state index >= 15 is 0 Å². The number of benzene rings is 2. The van der Waals surface area contributed by atoms with E-state index in [4.69, 9.17) is 0 Å². The summed E-state index contributed by atoms with van der Waals surface area (Å²) in [5, 5.41) is 19.4. The summed E-state index contributed by atoms with van der Waals surface area (Å²) in [7, 11) is 0. The van der Waals surface area contributed by atoms with E-state index in [9.17, 15) is 9.18 Å². The third-order valence-electron chi connectivity index (χ3n) is 4.06. The molecule has 0 saturated carbocycles. The Morgan fingerprint density at radius 3 is 2.90 bits per heavy atom. The van der Waals surface area contributed by atoms with E-state index in [2.05, 4.69) is 31.1 Å². The first-order chi connectivity index (χ1) is 14.1. The standard InChI is InChI=1S/C19H16FN7OS/c1-12-23-18(10-29-12)13-3-2-4-14(7-13)24-19(28)9-21-17-8-15(5-6-16(17)20)27-11-22-25-26-27/h2-8,10-11,21H,9H2,1H3,(H,24,28). The number of aromatic nitrogens is 5. The molecule has 8 nitrogen and oxygen atoms in total. The lowest BCUT2D eigenvalue weighted by molar-refractivity contribution is -0.114. The van der Waals surface area contributed by atoms with E-state index in [0.717, 1.165) is 16.3 Å². The van der Waals surface area contributed by atoms with Gasteiger partial charge in [-0.3, -0.25) is 4.79 Å². The minimum absolute atomic E-state index is 0.101. The Balaban J connectivity index is 1.41. The molecule has 0 atom stereocenters. The Hall–Kier alpha value is -3.66. The lowest BCUT2D eigenvalue weighted by Crippen LogP contribution is -2.22. The van der Waals surface area contributed by atoms with Crippen LogP contribution in [0.3, 0.4) is 0 Å². The van der Waals surface area contributed by atoms with Gasteiger partial charge >= 0.3 is 0 Å². The highest BCUT2D eigenvalue weighted by molar-refractivity contribution is 7.09. The Kier molecular flexibility index (Phi) is 5.25. The summed E-state index contributed by atoms with van der Waals surface area (Å²) < 4.78 is 15.5. The molecule has 146 valence electrons. The number of nitrogens with one attached hydrogen (secondary N) is 2. The molecule has 0 unspecified atom stereocenters. The highest BCUT2D eigenvalue weighted by Gasteiger charge is 2.09. The van der Waals surface area contributed by atoms with Crippen LogP contribution in [0, 0.1) is 12.7 Å². The Morgan fingerprint density at radius 2 is 2.14 bits per heavy atom. The molecule has 29 heavy (non-hydrogen) atoms. The summed E-state index contributed by atoms with van der Waals surface area (Å²) in [5.74, 6) is -0.778. The molecule has 10 heteroatoms. The number of thiazole rings is 1. The number of aryl methyl sites for hydroxylation is 1. The molecule has 2 aromatic carbocycles. The lowest BCUT2D eigenvalue weighted by atomic mass is 10.1. The monoisotopic (exact) mass is 409 g/mol. The van der Waals surface area contributed by atoms with Gasteiger partial charge in [-0.1, -0.05) is 12.1 Å². The predicted octanol–water partition coefficient (Wildman–Crippen LogP) is 3.28. The Morgan fingerprint density at radius 1 is 1.24 bits per heavy atom. The van der Waals surface area contributed by atoms with Crippen LogP contribution in [0.1, 0.15) is 5.01 Å². The molecule has 2 aromatic heterocycles. The van der Waals surface area contributed by atoms with Crippen molar-refractivity contribution in [2.24, 2.45) is 0 Å². The van der Waals surface area contributed by atoms with Crippen molar-refractivity contribution in [2.75, 3.05) is 17.2 Å². The van der Waals surface area contributed by atoms with Gasteiger partial charge in [-0.2, -0.15) is 0 Å². The van der Waals surface area contributed by atoms with Gasteiger partial charge in [-0.05, 0) is 47.7 Å². The van der Waals surface area contributed by atoms with Crippen LogP contribution in [0.4, 0.5) is 15.8 Å². The van der Waals surface area contributed by atoms with Crippen molar-refractivity contribution in [3.05, 3.63) is 65.0 Å². The molecule has 0 aliphatic rings. The van der Waals surface area contributed by atoms with Crippen molar-refractivity contribution in [2.45, 2.75) is 6.92 Å². The van der Waals surface area contributed by atoms with Crippen LogP contribution in [0.25, 0.3) is 16.9 Å². The zero-order chi connectivity index (χ0) is 20.2. The summed E-state index contributed by atoms with van der Waals surface area (Å²) in [5.41, 5.74) is 3.18. The first-order valence-electron chi connectivity index (χ1n) is 8.68. The molecule has 0 aliphatic heterocycles. The maximum Gasteiger partial charge on any atom is 0.243 e. The fourth-order valence-corrected chi connectivity index (χ4v) is 3.33. The molecule has 0 fully saturated rings. The molecule has 0 radical (unpaired) electrons. The van der Waals surface area contributed by atoms with Crippen LogP contribution in [0.5, 0.6) is 0 Å². The zero-order valence-corrected chi connectivity index (χ0v) is 16.2. The molecule has 0 aliphatic carbocycles. The van der Waals surface area contributed by atoms with E-state index < -0.39 is 5.82 Å². The highest BCUT2D eigenvalue weighted by Crippen LogP contribution is 2.24. The fraction of sp³-hybridized carbons (Fsp3) is 0.105. The second-order valence-electron chi connectivity index (χ2n) is 6.15. The lowest BCUT2D eigenvalue weighted by Gasteiger charge is -2.10. The van der Waals surface area contributed by atoms with Gasteiger partial charge in [0.15, 0.2) is 0 Å². The van der Waals surface area contributed by atoms with Gasteiger partial charge in [0.05, 0.1) is 28.6 Å². The number of carbonyl (C=O) groups is 1. The van der Waals surface area contributed by atoms with Gasteiger partial charge in [0.25, 0.3) is 0 Å². The smallest absolute Gasteiger partial charge is 0.243 e. The third kappa shape index (κ3) is 4.43. The number of halogens is 1. The van der Waals surface area contributed by atoms with Gasteiger partial charge in [0.2, 0.25) is 5.91 Å². The summed E-state index contributed by atoms with van der Waals surface area (Å²) in [6, 6.07) is 11.8. The van der Waals surface area contributed by atoms with Gasteiger partial charge in [-0.25, -0.2) is 14.1 Å². The van der Waals surface area contributed by atoms with Crippen LogP contribution in [-0.4, -0.2) is 37.6 Å². The molecule has 2 N–H and O–H groups in total. The first-order valence-corrected chi connectivity index (χ1v) is 9.55. The van der Waals surface area contributed by atoms with Crippen molar-refractivity contribution >= 4 is 28.6 Å². The quantitative estimate of drug-likeness (QED) is 0.507. The van der Waals surface area contributed by atoms with Crippen molar-refractivity contribution < 1.29 is 9.18 Å². The van der Waals surface area contributed by atoms with Crippen LogP contribution in [0.2, 0.25) is 0 Å². The van der Waals surface area contributed by atoms with E-state index in [-0.39, 0.29) is 18.1 Å². The zero-order valence-electron chi connectivity index (χ0n) is 15.3. The Labute approximate surface area is 169 Å². The average Bonchev–Trinajstić information content (AvgIpc) is 3.39. The first kappa shape index (κ1) is 18.7. The molecule has 0 spiro atoms. The molecular weight excluding hydrogens is 393 g/mol. The molecule has 0 bridgehead atoms. The summed E-state index contributed by atoms with van der Waals surface area (Å²) in [6.45, 7) is 1.84. The van der Waals surface area contributed by atoms with Gasteiger partial charge in [0, 0.05) is 16.6 Å². The molecule has 0 saturated heterocycles. The van der Waals surface area contributed by atoms with E-state index in [0.29, 0.717) is 11.4 Å². The number of carbonyl (C=O) groups excluding carboxylic acids is 1. The van der Waals surface area contributed by atoms with Gasteiger partial charge in [0.1, 0.15) is 12.1 Å². The van der Waals surface area contributed by atoms with Crippen LogP contribution < -0.4 is 10.6 Å². The molecule has 4 rings (SSSR count).